The number of aliphatic hydroxyl groups is 1. The summed E-state index contributed by atoms with van der Waals surface area (Å²) in [7, 11) is 0. The Kier molecular flexibility index (Phi) is 4.92. The van der Waals surface area contributed by atoms with Crippen LogP contribution in [0.1, 0.15) is 49.0 Å². The van der Waals surface area contributed by atoms with Gasteiger partial charge in [-0.15, -0.1) is 0 Å². The van der Waals surface area contributed by atoms with Gasteiger partial charge in [0.25, 0.3) is 5.91 Å². The molecule has 1 amide bonds. The van der Waals surface area contributed by atoms with Crippen molar-refractivity contribution in [3.63, 3.8) is 0 Å². The molecule has 1 aliphatic carbocycles. The Labute approximate surface area is 130 Å². The van der Waals surface area contributed by atoms with Crippen LogP contribution in [0.3, 0.4) is 0 Å². The third-order valence-electron chi connectivity index (χ3n) is 3.84. The third kappa shape index (κ3) is 4.23. The lowest BCUT2D eigenvalue weighted by Gasteiger charge is -2.18. The summed E-state index contributed by atoms with van der Waals surface area (Å²) < 4.78 is 0. The summed E-state index contributed by atoms with van der Waals surface area (Å²) in [5, 5.41) is 12.2. The number of carbonyl (C=O) groups excluding carboxylic acids is 1. The summed E-state index contributed by atoms with van der Waals surface area (Å²) in [5.41, 5.74) is 1.46. The third-order valence-corrected chi connectivity index (χ3v) is 4.15. The first kappa shape index (κ1) is 15.9. The molecule has 1 aromatic rings. The number of halogens is 1. The molecule has 0 bridgehead atoms. The van der Waals surface area contributed by atoms with Crippen LogP contribution in [0.5, 0.6) is 0 Å². The van der Waals surface area contributed by atoms with Gasteiger partial charge >= 0.3 is 0 Å². The summed E-state index contributed by atoms with van der Waals surface area (Å²) in [5.74, 6) is 5.20. The second-order valence-electron chi connectivity index (χ2n) is 6.23. The van der Waals surface area contributed by atoms with Gasteiger partial charge in [-0.25, -0.2) is 0 Å². The van der Waals surface area contributed by atoms with Crippen molar-refractivity contribution in [3.8, 4) is 11.8 Å². The van der Waals surface area contributed by atoms with E-state index in [0.29, 0.717) is 21.6 Å². The van der Waals surface area contributed by atoms with E-state index >= 15 is 0 Å². The number of hydrogen-bond donors (Lipinski definition) is 2. The summed E-state index contributed by atoms with van der Waals surface area (Å²) in [6.07, 6.45) is 3.16. The van der Waals surface area contributed by atoms with Crippen LogP contribution >= 0.6 is 11.6 Å². The number of hydrogen-bond acceptors (Lipinski definition) is 2. The average molecular weight is 306 g/mol. The Hall–Kier alpha value is -1.50. The van der Waals surface area contributed by atoms with Crippen LogP contribution in [0.25, 0.3) is 0 Å². The molecule has 0 radical (unpaired) electrons. The maximum Gasteiger partial charge on any atom is 0.251 e. The fraction of sp³-hybridized carbons (Fsp3) is 0.471. The lowest BCUT2D eigenvalue weighted by Crippen LogP contribution is -2.33. The first-order valence-electron chi connectivity index (χ1n) is 7.11. The maximum atomic E-state index is 12.2. The Bertz CT molecular complexity index is 599. The Balaban J connectivity index is 2.05. The van der Waals surface area contributed by atoms with Crippen LogP contribution in [0.4, 0.5) is 0 Å². The van der Waals surface area contributed by atoms with E-state index in [2.05, 4.69) is 31.0 Å². The van der Waals surface area contributed by atoms with Gasteiger partial charge in [0, 0.05) is 17.2 Å². The Morgan fingerprint density at radius 2 is 2.29 bits per heavy atom. The minimum atomic E-state index is -0.212. The summed E-state index contributed by atoms with van der Waals surface area (Å²) in [6.45, 7) is 4.24. The second-order valence-corrected chi connectivity index (χ2v) is 6.64. The van der Waals surface area contributed by atoms with Crippen LogP contribution in [0, 0.1) is 17.3 Å². The van der Waals surface area contributed by atoms with E-state index < -0.39 is 0 Å². The zero-order valence-corrected chi connectivity index (χ0v) is 13.1. The molecule has 1 atom stereocenters. The maximum absolute atomic E-state index is 12.2. The van der Waals surface area contributed by atoms with Gasteiger partial charge in [0.1, 0.15) is 6.61 Å². The fourth-order valence-electron chi connectivity index (χ4n) is 2.72. The van der Waals surface area contributed by atoms with Crippen molar-refractivity contribution in [2.45, 2.75) is 39.2 Å². The zero-order chi connectivity index (χ0) is 15.5. The van der Waals surface area contributed by atoms with Crippen molar-refractivity contribution in [3.05, 3.63) is 34.3 Å². The molecule has 4 heteroatoms. The summed E-state index contributed by atoms with van der Waals surface area (Å²) in [4.78, 5) is 12.2. The predicted molar refractivity (Wildman–Crippen MR) is 84.3 cm³/mol. The molecule has 3 nitrogen and oxygen atoms in total. The van der Waals surface area contributed by atoms with Crippen molar-refractivity contribution in [1.82, 2.24) is 5.32 Å². The molecule has 0 saturated heterocycles. The van der Waals surface area contributed by atoms with Crippen LogP contribution in [0.15, 0.2) is 18.2 Å². The van der Waals surface area contributed by atoms with Crippen LogP contribution in [-0.4, -0.2) is 23.7 Å². The normalized spacial score (nSPS) is 19.7. The number of aliphatic hydroxyl groups excluding tert-OH is 1. The standard InChI is InChI=1S/C17H20ClNO2/c1-17(2)8-7-14(11-17)19-16(21)13-6-5-12(4-3-9-20)15(18)10-13/h5-6,10,14,20H,7-9,11H2,1-2H3,(H,19,21). The average Bonchev–Trinajstić information content (AvgIpc) is 2.76. The molecule has 0 spiro atoms. The molecular formula is C17H20ClNO2. The highest BCUT2D eigenvalue weighted by atomic mass is 35.5. The predicted octanol–water partition coefficient (Wildman–Crippen LogP) is 2.99. The van der Waals surface area contributed by atoms with E-state index in [1.54, 1.807) is 18.2 Å². The molecule has 2 rings (SSSR count). The number of nitrogens with one attached hydrogen (secondary N) is 1. The lowest BCUT2D eigenvalue weighted by atomic mass is 9.92. The molecule has 112 valence electrons. The molecule has 1 aromatic carbocycles. The van der Waals surface area contributed by atoms with Gasteiger partial charge in [-0.3, -0.25) is 4.79 Å². The Morgan fingerprint density at radius 1 is 1.52 bits per heavy atom. The van der Waals surface area contributed by atoms with Crippen LogP contribution in [-0.2, 0) is 0 Å². The van der Waals surface area contributed by atoms with Gasteiger partial charge in [0.05, 0.1) is 5.02 Å². The molecule has 1 unspecified atom stereocenters. The van der Waals surface area contributed by atoms with Gasteiger partial charge in [0.2, 0.25) is 0 Å². The monoisotopic (exact) mass is 305 g/mol. The van der Waals surface area contributed by atoms with Crippen molar-refractivity contribution < 1.29 is 9.90 Å². The van der Waals surface area contributed by atoms with Crippen LogP contribution < -0.4 is 5.32 Å². The molecule has 0 aromatic heterocycles. The van der Waals surface area contributed by atoms with Gasteiger partial charge in [-0.2, -0.15) is 0 Å². The van der Waals surface area contributed by atoms with Crippen molar-refractivity contribution in [1.29, 1.82) is 0 Å². The van der Waals surface area contributed by atoms with Gasteiger partial charge in [-0.05, 0) is 42.9 Å². The molecule has 1 fully saturated rings. The number of amides is 1. The van der Waals surface area contributed by atoms with Gasteiger partial charge in [-0.1, -0.05) is 37.3 Å². The number of rotatable bonds is 2. The lowest BCUT2D eigenvalue weighted by molar-refractivity contribution is 0.0936. The Morgan fingerprint density at radius 3 is 2.86 bits per heavy atom. The zero-order valence-electron chi connectivity index (χ0n) is 12.4. The summed E-state index contributed by atoms with van der Waals surface area (Å²) in [6, 6.07) is 5.28. The van der Waals surface area contributed by atoms with E-state index in [-0.39, 0.29) is 18.6 Å². The topological polar surface area (TPSA) is 49.3 Å². The molecule has 1 saturated carbocycles. The van der Waals surface area contributed by atoms with Crippen molar-refractivity contribution in [2.24, 2.45) is 5.41 Å². The largest absolute Gasteiger partial charge is 0.384 e. The van der Waals surface area contributed by atoms with E-state index in [4.69, 9.17) is 16.7 Å². The number of carbonyl (C=O) groups is 1. The molecule has 0 aliphatic heterocycles. The summed E-state index contributed by atoms with van der Waals surface area (Å²) >= 11 is 6.11. The first-order valence-corrected chi connectivity index (χ1v) is 7.49. The highest BCUT2D eigenvalue weighted by Crippen LogP contribution is 2.37. The highest BCUT2D eigenvalue weighted by Gasteiger charge is 2.31. The minimum Gasteiger partial charge on any atom is -0.384 e. The first-order chi connectivity index (χ1) is 9.91. The van der Waals surface area contributed by atoms with E-state index in [1.165, 1.54) is 0 Å². The molecule has 0 heterocycles. The quantitative estimate of drug-likeness (QED) is 0.825. The second kappa shape index (κ2) is 6.51. The molecule has 2 N–H and O–H groups in total. The van der Waals surface area contributed by atoms with Crippen molar-refractivity contribution in [2.75, 3.05) is 6.61 Å². The van der Waals surface area contributed by atoms with Gasteiger partial charge in [0.15, 0.2) is 0 Å². The highest BCUT2D eigenvalue weighted by molar-refractivity contribution is 6.32. The van der Waals surface area contributed by atoms with E-state index in [9.17, 15) is 4.79 Å². The minimum absolute atomic E-state index is 0.0960. The number of benzene rings is 1. The molecular weight excluding hydrogens is 286 g/mol. The molecule has 1 aliphatic rings. The van der Waals surface area contributed by atoms with Gasteiger partial charge < -0.3 is 10.4 Å². The van der Waals surface area contributed by atoms with Crippen LogP contribution in [0.2, 0.25) is 5.02 Å². The van der Waals surface area contributed by atoms with E-state index in [0.717, 1.165) is 19.3 Å². The molecule has 21 heavy (non-hydrogen) atoms. The van der Waals surface area contributed by atoms with Crippen molar-refractivity contribution >= 4 is 17.5 Å². The fourth-order valence-corrected chi connectivity index (χ4v) is 2.95. The smallest absolute Gasteiger partial charge is 0.251 e. The van der Waals surface area contributed by atoms with E-state index in [1.807, 2.05) is 0 Å². The SMILES string of the molecule is CC1(C)CCC(NC(=O)c2ccc(C#CCO)c(Cl)c2)C1.